The molecule has 6 heteroatoms. The van der Waals surface area contributed by atoms with Gasteiger partial charge in [-0.15, -0.1) is 10.2 Å². The van der Waals surface area contributed by atoms with Gasteiger partial charge in [0, 0.05) is 26.0 Å². The van der Waals surface area contributed by atoms with Gasteiger partial charge in [-0.3, -0.25) is 4.40 Å². The second kappa shape index (κ2) is 4.88. The van der Waals surface area contributed by atoms with Gasteiger partial charge in [-0.1, -0.05) is 12.1 Å². The molecule has 0 aliphatic heterocycles. The number of hydrogen-bond acceptors (Lipinski definition) is 4. The zero-order valence-electron chi connectivity index (χ0n) is 11.3. The van der Waals surface area contributed by atoms with Crippen molar-refractivity contribution in [1.82, 2.24) is 19.6 Å². The summed E-state index contributed by atoms with van der Waals surface area (Å²) in [4.78, 5) is 6.33. The number of aryl methyl sites for hydroxylation is 1. The Kier molecular flexibility index (Phi) is 3.06. The molecule has 2 aromatic heterocycles. The first kappa shape index (κ1) is 12.5. The lowest BCUT2D eigenvalue weighted by Crippen LogP contribution is -2.18. The molecule has 0 radical (unpaired) electrons. The fourth-order valence-electron chi connectivity index (χ4n) is 2.14. The van der Waals surface area contributed by atoms with Crippen LogP contribution in [0.25, 0.3) is 5.65 Å². The van der Waals surface area contributed by atoms with Crippen molar-refractivity contribution in [2.24, 2.45) is 0 Å². The molecule has 0 unspecified atom stereocenters. The first-order valence-corrected chi connectivity index (χ1v) is 6.27. The summed E-state index contributed by atoms with van der Waals surface area (Å²) in [7, 11) is 1.93. The molecule has 0 aliphatic carbocycles. The Morgan fingerprint density at radius 2 is 1.95 bits per heavy atom. The van der Waals surface area contributed by atoms with Crippen LogP contribution in [0.15, 0.2) is 36.7 Å². The van der Waals surface area contributed by atoms with E-state index in [1.165, 1.54) is 12.1 Å². The Balaban J connectivity index is 1.92. The van der Waals surface area contributed by atoms with E-state index in [1.54, 1.807) is 18.3 Å². The second-order valence-electron chi connectivity index (χ2n) is 4.67. The minimum absolute atomic E-state index is 0.232. The fraction of sp³-hybridized carbons (Fsp3) is 0.214. The molecule has 0 spiro atoms. The van der Waals surface area contributed by atoms with Gasteiger partial charge in [-0.25, -0.2) is 9.37 Å². The Morgan fingerprint density at radius 1 is 1.20 bits per heavy atom. The zero-order chi connectivity index (χ0) is 14.1. The highest BCUT2D eigenvalue weighted by atomic mass is 19.1. The molecule has 3 rings (SSSR count). The molecule has 0 atom stereocenters. The van der Waals surface area contributed by atoms with Crippen LogP contribution in [0, 0.1) is 12.7 Å². The quantitative estimate of drug-likeness (QED) is 0.732. The number of benzene rings is 1. The van der Waals surface area contributed by atoms with Crippen LogP contribution in [0.3, 0.4) is 0 Å². The summed E-state index contributed by atoms with van der Waals surface area (Å²) in [6, 6.07) is 6.44. The van der Waals surface area contributed by atoms with Crippen LogP contribution in [-0.4, -0.2) is 26.6 Å². The molecule has 1 aromatic carbocycles. The number of hydrogen-bond donors (Lipinski definition) is 0. The predicted octanol–water partition coefficient (Wildman–Crippen LogP) is 2.21. The average molecular weight is 271 g/mol. The number of fused-ring (bicyclic) bond motifs is 1. The van der Waals surface area contributed by atoms with Crippen LogP contribution in [0.2, 0.25) is 0 Å². The highest BCUT2D eigenvalue weighted by molar-refractivity contribution is 5.63. The first-order valence-electron chi connectivity index (χ1n) is 6.27. The monoisotopic (exact) mass is 271 g/mol. The topological polar surface area (TPSA) is 46.3 Å². The maximum absolute atomic E-state index is 12.9. The van der Waals surface area contributed by atoms with E-state index < -0.39 is 0 Å². The van der Waals surface area contributed by atoms with E-state index in [0.29, 0.717) is 6.54 Å². The number of halogens is 1. The molecule has 2 heterocycles. The lowest BCUT2D eigenvalue weighted by atomic mass is 10.2. The highest BCUT2D eigenvalue weighted by Gasteiger charge is 2.12. The van der Waals surface area contributed by atoms with Gasteiger partial charge in [0.25, 0.3) is 0 Å². The van der Waals surface area contributed by atoms with Crippen molar-refractivity contribution >= 4 is 11.5 Å². The molecular formula is C14H14FN5. The van der Waals surface area contributed by atoms with Gasteiger partial charge in [0.1, 0.15) is 11.6 Å². The van der Waals surface area contributed by atoms with E-state index in [0.717, 1.165) is 22.9 Å². The summed E-state index contributed by atoms with van der Waals surface area (Å²) in [6.45, 7) is 2.52. The minimum atomic E-state index is -0.232. The summed E-state index contributed by atoms with van der Waals surface area (Å²) in [6.07, 6.45) is 3.56. The van der Waals surface area contributed by atoms with Gasteiger partial charge in [0.2, 0.25) is 5.65 Å². The standard InChI is InChI=1S/C14H14FN5/c1-10-17-18-14-13(16-7-8-20(10)14)19(2)9-11-3-5-12(15)6-4-11/h3-8H,9H2,1-2H3. The fourth-order valence-corrected chi connectivity index (χ4v) is 2.14. The molecule has 0 saturated heterocycles. The van der Waals surface area contributed by atoms with Crippen molar-refractivity contribution in [2.75, 3.05) is 11.9 Å². The number of aromatic nitrogens is 4. The number of rotatable bonds is 3. The third kappa shape index (κ3) is 2.20. The second-order valence-corrected chi connectivity index (χ2v) is 4.67. The zero-order valence-corrected chi connectivity index (χ0v) is 11.3. The largest absolute Gasteiger partial charge is 0.352 e. The maximum Gasteiger partial charge on any atom is 0.203 e. The first-order chi connectivity index (χ1) is 9.65. The van der Waals surface area contributed by atoms with E-state index >= 15 is 0 Å². The average Bonchev–Trinajstić information content (AvgIpc) is 2.83. The summed E-state index contributed by atoms with van der Waals surface area (Å²) in [5, 5.41) is 8.20. The Morgan fingerprint density at radius 3 is 2.70 bits per heavy atom. The van der Waals surface area contributed by atoms with Gasteiger partial charge < -0.3 is 4.90 Å². The van der Waals surface area contributed by atoms with E-state index in [1.807, 2.05) is 29.5 Å². The van der Waals surface area contributed by atoms with Crippen molar-refractivity contribution in [3.63, 3.8) is 0 Å². The summed E-state index contributed by atoms with van der Waals surface area (Å²) in [5.74, 6) is 1.33. The van der Waals surface area contributed by atoms with E-state index in [-0.39, 0.29) is 5.82 Å². The molecule has 0 N–H and O–H groups in total. The summed E-state index contributed by atoms with van der Waals surface area (Å²) < 4.78 is 14.8. The molecule has 0 amide bonds. The molecule has 20 heavy (non-hydrogen) atoms. The van der Waals surface area contributed by atoms with Gasteiger partial charge in [-0.2, -0.15) is 0 Å². The van der Waals surface area contributed by atoms with Gasteiger partial charge in [0.15, 0.2) is 5.82 Å². The highest BCUT2D eigenvalue weighted by Crippen LogP contribution is 2.18. The van der Waals surface area contributed by atoms with Crippen LogP contribution in [0.1, 0.15) is 11.4 Å². The Bertz CT molecular complexity index is 735. The molecule has 0 fully saturated rings. The van der Waals surface area contributed by atoms with Crippen LogP contribution >= 0.6 is 0 Å². The minimum Gasteiger partial charge on any atom is -0.352 e. The molecule has 3 aromatic rings. The number of nitrogens with zero attached hydrogens (tertiary/aromatic N) is 5. The SMILES string of the molecule is Cc1nnc2c(N(C)Cc3ccc(F)cc3)nccn12. The Labute approximate surface area is 115 Å². The van der Waals surface area contributed by atoms with Crippen LogP contribution in [-0.2, 0) is 6.54 Å². The normalized spacial score (nSPS) is 10.9. The lowest BCUT2D eigenvalue weighted by Gasteiger charge is -2.18. The predicted molar refractivity (Wildman–Crippen MR) is 74.0 cm³/mol. The lowest BCUT2D eigenvalue weighted by molar-refractivity contribution is 0.627. The molecule has 102 valence electrons. The third-order valence-electron chi connectivity index (χ3n) is 3.17. The smallest absolute Gasteiger partial charge is 0.203 e. The summed E-state index contributed by atoms with van der Waals surface area (Å²) >= 11 is 0. The van der Waals surface area contributed by atoms with Gasteiger partial charge in [0.05, 0.1) is 0 Å². The van der Waals surface area contributed by atoms with Crippen molar-refractivity contribution in [3.8, 4) is 0 Å². The van der Waals surface area contributed by atoms with Crippen molar-refractivity contribution in [2.45, 2.75) is 13.5 Å². The van der Waals surface area contributed by atoms with Crippen LogP contribution < -0.4 is 4.90 Å². The van der Waals surface area contributed by atoms with Crippen LogP contribution in [0.4, 0.5) is 10.2 Å². The van der Waals surface area contributed by atoms with E-state index in [4.69, 9.17) is 0 Å². The number of anilines is 1. The van der Waals surface area contributed by atoms with E-state index in [2.05, 4.69) is 15.2 Å². The van der Waals surface area contributed by atoms with Crippen molar-refractivity contribution in [3.05, 3.63) is 53.9 Å². The molecular weight excluding hydrogens is 257 g/mol. The van der Waals surface area contributed by atoms with Crippen LogP contribution in [0.5, 0.6) is 0 Å². The third-order valence-corrected chi connectivity index (χ3v) is 3.17. The molecule has 5 nitrogen and oxygen atoms in total. The molecule has 0 bridgehead atoms. The summed E-state index contributed by atoms with van der Waals surface area (Å²) in [5.41, 5.74) is 1.73. The van der Waals surface area contributed by atoms with E-state index in [9.17, 15) is 4.39 Å². The molecule has 0 saturated carbocycles. The van der Waals surface area contributed by atoms with Gasteiger partial charge >= 0.3 is 0 Å². The van der Waals surface area contributed by atoms with Crippen molar-refractivity contribution < 1.29 is 4.39 Å². The van der Waals surface area contributed by atoms with Crippen molar-refractivity contribution in [1.29, 1.82) is 0 Å². The van der Waals surface area contributed by atoms with Gasteiger partial charge in [-0.05, 0) is 24.6 Å². The molecule has 0 aliphatic rings. The Hall–Kier alpha value is -2.50. The maximum atomic E-state index is 12.9.